The van der Waals surface area contributed by atoms with E-state index in [9.17, 15) is 0 Å². The Morgan fingerprint density at radius 1 is 1.19 bits per heavy atom. The van der Waals surface area contributed by atoms with Crippen LogP contribution in [0.15, 0.2) is 6.33 Å². The van der Waals surface area contributed by atoms with E-state index in [4.69, 9.17) is 5.73 Å². The van der Waals surface area contributed by atoms with Crippen LogP contribution in [0.25, 0.3) is 0 Å². The second-order valence-corrected chi connectivity index (χ2v) is 5.06. The van der Waals surface area contributed by atoms with Crippen molar-refractivity contribution in [2.75, 3.05) is 5.73 Å². The Bertz CT molecular complexity index is 343. The van der Waals surface area contributed by atoms with Crippen LogP contribution >= 0.6 is 0 Å². The summed E-state index contributed by atoms with van der Waals surface area (Å²) in [6.07, 6.45) is 6.46. The maximum absolute atomic E-state index is 5.58. The topological polar surface area (TPSA) is 64.7 Å². The average Bonchev–Trinajstić information content (AvgIpc) is 2.29. The third-order valence-corrected chi connectivity index (χ3v) is 3.69. The molecule has 1 saturated carbocycles. The van der Waals surface area contributed by atoms with Gasteiger partial charge in [-0.15, -0.1) is 0 Å². The first kappa shape index (κ1) is 11.3. The molecule has 4 nitrogen and oxygen atoms in total. The summed E-state index contributed by atoms with van der Waals surface area (Å²) >= 11 is 0. The van der Waals surface area contributed by atoms with Gasteiger partial charge in [0.2, 0.25) is 5.95 Å². The molecule has 88 valence electrons. The second kappa shape index (κ2) is 4.76. The molecule has 0 saturated heterocycles. The van der Waals surface area contributed by atoms with Crippen molar-refractivity contribution in [3.63, 3.8) is 0 Å². The Morgan fingerprint density at radius 2 is 1.88 bits per heavy atom. The number of anilines is 1. The number of hydrogen-bond acceptors (Lipinski definition) is 4. The number of nitrogen functional groups attached to an aromatic ring is 1. The van der Waals surface area contributed by atoms with Crippen molar-refractivity contribution in [2.24, 2.45) is 11.8 Å². The van der Waals surface area contributed by atoms with E-state index >= 15 is 0 Å². The van der Waals surface area contributed by atoms with Crippen LogP contribution in [0.2, 0.25) is 0 Å². The summed E-state index contributed by atoms with van der Waals surface area (Å²) in [4.78, 5) is 12.3. The lowest BCUT2D eigenvalue weighted by molar-refractivity contribution is 0.254. The molecule has 1 heterocycles. The largest absolute Gasteiger partial charge is 0.368 e. The third-order valence-electron chi connectivity index (χ3n) is 3.69. The fourth-order valence-corrected chi connectivity index (χ4v) is 2.56. The first-order valence-electron chi connectivity index (χ1n) is 6.11. The molecule has 2 rings (SSSR count). The van der Waals surface area contributed by atoms with Crippen LogP contribution in [-0.2, 0) is 0 Å². The normalized spacial score (nSPS) is 25.9. The van der Waals surface area contributed by atoms with Gasteiger partial charge in [-0.1, -0.05) is 13.8 Å². The lowest BCUT2D eigenvalue weighted by atomic mass is 9.77. The third kappa shape index (κ3) is 2.49. The maximum Gasteiger partial charge on any atom is 0.223 e. The number of nitrogens with zero attached hydrogens (tertiary/aromatic N) is 3. The zero-order valence-electron chi connectivity index (χ0n) is 10.1. The van der Waals surface area contributed by atoms with Gasteiger partial charge in [0.15, 0.2) is 0 Å². The fraction of sp³-hybridized carbons (Fsp3) is 0.750. The molecular formula is C12H20N4. The van der Waals surface area contributed by atoms with Gasteiger partial charge in [0.1, 0.15) is 12.2 Å². The average molecular weight is 220 g/mol. The van der Waals surface area contributed by atoms with Gasteiger partial charge in [0.05, 0.1) is 0 Å². The molecule has 1 fully saturated rings. The van der Waals surface area contributed by atoms with Crippen molar-refractivity contribution in [3.05, 3.63) is 12.2 Å². The molecule has 0 unspecified atom stereocenters. The molecule has 0 amide bonds. The Balaban J connectivity index is 1.99. The molecule has 0 aromatic carbocycles. The molecule has 1 aliphatic carbocycles. The van der Waals surface area contributed by atoms with Gasteiger partial charge in [-0.2, -0.15) is 4.98 Å². The van der Waals surface area contributed by atoms with Gasteiger partial charge < -0.3 is 5.73 Å². The Hall–Kier alpha value is -1.19. The Kier molecular flexibility index (Phi) is 3.36. The van der Waals surface area contributed by atoms with Crippen LogP contribution in [-0.4, -0.2) is 15.0 Å². The van der Waals surface area contributed by atoms with E-state index in [1.807, 2.05) is 0 Å². The number of nitrogens with two attached hydrogens (primary N) is 1. The summed E-state index contributed by atoms with van der Waals surface area (Å²) in [5.74, 6) is 3.38. The highest BCUT2D eigenvalue weighted by Gasteiger charge is 2.25. The van der Waals surface area contributed by atoms with E-state index in [-0.39, 0.29) is 0 Å². The standard InChI is InChI=1S/C12H20N4/c1-8(2)9-3-5-10(6-4-9)11-14-7-15-12(13)16-11/h7-10H,3-6H2,1-2H3,(H2,13,14,15,16). The van der Waals surface area contributed by atoms with Crippen molar-refractivity contribution in [3.8, 4) is 0 Å². The number of aromatic nitrogens is 3. The van der Waals surface area contributed by atoms with Crippen molar-refractivity contribution in [1.29, 1.82) is 0 Å². The van der Waals surface area contributed by atoms with Crippen LogP contribution in [0, 0.1) is 11.8 Å². The molecule has 2 N–H and O–H groups in total. The molecule has 1 aromatic heterocycles. The molecule has 16 heavy (non-hydrogen) atoms. The highest BCUT2D eigenvalue weighted by atomic mass is 15.1. The molecule has 0 atom stereocenters. The highest BCUT2D eigenvalue weighted by Crippen LogP contribution is 2.37. The molecule has 1 aliphatic rings. The molecule has 0 radical (unpaired) electrons. The van der Waals surface area contributed by atoms with Crippen molar-refractivity contribution < 1.29 is 0 Å². The van der Waals surface area contributed by atoms with Gasteiger partial charge in [0.25, 0.3) is 0 Å². The monoisotopic (exact) mass is 220 g/mol. The summed E-state index contributed by atoms with van der Waals surface area (Å²) in [7, 11) is 0. The van der Waals surface area contributed by atoms with Crippen molar-refractivity contribution in [1.82, 2.24) is 15.0 Å². The number of hydrogen-bond donors (Lipinski definition) is 1. The first-order valence-corrected chi connectivity index (χ1v) is 6.11. The van der Waals surface area contributed by atoms with E-state index in [0.717, 1.165) is 17.7 Å². The fourth-order valence-electron chi connectivity index (χ4n) is 2.56. The van der Waals surface area contributed by atoms with E-state index < -0.39 is 0 Å². The second-order valence-electron chi connectivity index (χ2n) is 5.06. The van der Waals surface area contributed by atoms with Gasteiger partial charge in [-0.25, -0.2) is 9.97 Å². The summed E-state index contributed by atoms with van der Waals surface area (Å²) in [6, 6.07) is 0. The maximum atomic E-state index is 5.58. The molecule has 4 heteroatoms. The van der Waals surface area contributed by atoms with Crippen LogP contribution in [0.4, 0.5) is 5.95 Å². The summed E-state index contributed by atoms with van der Waals surface area (Å²) in [5.41, 5.74) is 5.58. The summed E-state index contributed by atoms with van der Waals surface area (Å²) < 4.78 is 0. The number of rotatable bonds is 2. The minimum Gasteiger partial charge on any atom is -0.368 e. The summed E-state index contributed by atoms with van der Waals surface area (Å²) in [5, 5.41) is 0. The van der Waals surface area contributed by atoms with Crippen LogP contribution in [0.5, 0.6) is 0 Å². The molecular weight excluding hydrogens is 200 g/mol. The minimum atomic E-state index is 0.344. The Labute approximate surface area is 96.7 Å². The SMILES string of the molecule is CC(C)C1CCC(c2ncnc(N)n2)CC1. The van der Waals surface area contributed by atoms with Gasteiger partial charge >= 0.3 is 0 Å². The molecule has 1 aromatic rings. The van der Waals surface area contributed by atoms with E-state index in [1.54, 1.807) is 0 Å². The lowest BCUT2D eigenvalue weighted by Gasteiger charge is -2.29. The van der Waals surface area contributed by atoms with Crippen molar-refractivity contribution >= 4 is 5.95 Å². The quantitative estimate of drug-likeness (QED) is 0.831. The Morgan fingerprint density at radius 3 is 2.44 bits per heavy atom. The lowest BCUT2D eigenvalue weighted by Crippen LogP contribution is -2.19. The highest BCUT2D eigenvalue weighted by molar-refractivity contribution is 5.14. The van der Waals surface area contributed by atoms with Gasteiger partial charge in [-0.05, 0) is 37.5 Å². The van der Waals surface area contributed by atoms with E-state index in [0.29, 0.717) is 11.9 Å². The van der Waals surface area contributed by atoms with E-state index in [1.165, 1.54) is 32.0 Å². The van der Waals surface area contributed by atoms with Crippen LogP contribution in [0.3, 0.4) is 0 Å². The van der Waals surface area contributed by atoms with Crippen molar-refractivity contribution in [2.45, 2.75) is 45.4 Å². The molecule has 0 spiro atoms. The van der Waals surface area contributed by atoms with E-state index in [2.05, 4.69) is 28.8 Å². The smallest absolute Gasteiger partial charge is 0.223 e. The van der Waals surface area contributed by atoms with Gasteiger partial charge in [0, 0.05) is 5.92 Å². The van der Waals surface area contributed by atoms with Crippen LogP contribution < -0.4 is 5.73 Å². The summed E-state index contributed by atoms with van der Waals surface area (Å²) in [6.45, 7) is 4.62. The zero-order valence-corrected chi connectivity index (χ0v) is 10.1. The molecule has 0 aliphatic heterocycles. The van der Waals surface area contributed by atoms with Gasteiger partial charge in [-0.3, -0.25) is 0 Å². The zero-order chi connectivity index (χ0) is 11.5. The predicted octanol–water partition coefficient (Wildman–Crippen LogP) is 2.38. The molecule has 0 bridgehead atoms. The predicted molar refractivity (Wildman–Crippen MR) is 63.8 cm³/mol. The minimum absolute atomic E-state index is 0.344. The first-order chi connectivity index (χ1) is 7.66. The van der Waals surface area contributed by atoms with Crippen LogP contribution in [0.1, 0.15) is 51.3 Å².